The Hall–Kier alpha value is -2.70. The fourth-order valence-electron chi connectivity index (χ4n) is 3.48. The highest BCUT2D eigenvalue weighted by molar-refractivity contribution is 5.87. The van der Waals surface area contributed by atoms with E-state index in [9.17, 15) is 4.79 Å². The first-order valence-electron chi connectivity index (χ1n) is 8.35. The van der Waals surface area contributed by atoms with E-state index in [1.165, 1.54) is 0 Å². The zero-order valence-electron chi connectivity index (χ0n) is 13.4. The van der Waals surface area contributed by atoms with Gasteiger partial charge < -0.3 is 5.32 Å². The first-order valence-corrected chi connectivity index (χ1v) is 8.35. The first-order chi connectivity index (χ1) is 11.8. The molecule has 2 heterocycles. The van der Waals surface area contributed by atoms with Crippen molar-refractivity contribution in [2.75, 3.05) is 0 Å². The van der Waals surface area contributed by atoms with E-state index >= 15 is 0 Å². The van der Waals surface area contributed by atoms with Gasteiger partial charge in [-0.05, 0) is 31.7 Å². The molecule has 7 nitrogen and oxygen atoms in total. The van der Waals surface area contributed by atoms with Gasteiger partial charge in [-0.1, -0.05) is 18.2 Å². The third-order valence-electron chi connectivity index (χ3n) is 4.75. The summed E-state index contributed by atoms with van der Waals surface area (Å²) < 4.78 is 1.93. The van der Waals surface area contributed by atoms with Crippen molar-refractivity contribution >= 4 is 16.8 Å². The number of nitrogens with zero attached hydrogens (tertiary/aromatic N) is 4. The Morgan fingerprint density at radius 1 is 1.25 bits per heavy atom. The summed E-state index contributed by atoms with van der Waals surface area (Å²) >= 11 is 0. The molecule has 4 rings (SSSR count). The molecule has 0 aliphatic heterocycles. The van der Waals surface area contributed by atoms with Crippen molar-refractivity contribution in [1.29, 1.82) is 0 Å². The molecule has 1 aromatic carbocycles. The van der Waals surface area contributed by atoms with E-state index in [2.05, 4.69) is 25.6 Å². The highest BCUT2D eigenvalue weighted by Gasteiger charge is 2.24. The molecule has 1 fully saturated rings. The van der Waals surface area contributed by atoms with Crippen LogP contribution < -0.4 is 5.32 Å². The lowest BCUT2D eigenvalue weighted by atomic mass is 9.91. The zero-order chi connectivity index (χ0) is 16.4. The maximum Gasteiger partial charge on any atom is 0.226 e. The van der Waals surface area contributed by atoms with Gasteiger partial charge in [0.2, 0.25) is 5.91 Å². The SMILES string of the molecule is O=C(Cc1[nH]nc2ccccc12)NC1CCC(n2cncn2)CC1. The number of rotatable bonds is 4. The maximum absolute atomic E-state index is 12.3. The molecule has 0 radical (unpaired) electrons. The number of aromatic amines is 1. The number of para-hydroxylation sites is 1. The number of hydrogen-bond donors (Lipinski definition) is 2. The second-order valence-corrected chi connectivity index (χ2v) is 6.34. The van der Waals surface area contributed by atoms with Crippen molar-refractivity contribution in [1.82, 2.24) is 30.3 Å². The Morgan fingerprint density at radius 3 is 2.88 bits per heavy atom. The molecule has 1 amide bonds. The van der Waals surface area contributed by atoms with Gasteiger partial charge >= 0.3 is 0 Å². The van der Waals surface area contributed by atoms with E-state index < -0.39 is 0 Å². The van der Waals surface area contributed by atoms with Crippen LogP contribution in [-0.2, 0) is 11.2 Å². The van der Waals surface area contributed by atoms with Gasteiger partial charge in [-0.15, -0.1) is 0 Å². The van der Waals surface area contributed by atoms with Gasteiger partial charge in [-0.2, -0.15) is 10.2 Å². The fourth-order valence-corrected chi connectivity index (χ4v) is 3.48. The van der Waals surface area contributed by atoms with Crippen molar-refractivity contribution < 1.29 is 4.79 Å². The number of amides is 1. The third kappa shape index (κ3) is 3.02. The summed E-state index contributed by atoms with van der Waals surface area (Å²) in [5.74, 6) is 0.0496. The molecule has 124 valence electrons. The molecule has 0 spiro atoms. The summed E-state index contributed by atoms with van der Waals surface area (Å²) in [6, 6.07) is 8.48. The molecule has 1 saturated carbocycles. The molecular weight excluding hydrogens is 304 g/mol. The predicted molar refractivity (Wildman–Crippen MR) is 89.3 cm³/mol. The van der Waals surface area contributed by atoms with E-state index in [1.54, 1.807) is 12.7 Å². The number of fused-ring (bicyclic) bond motifs is 1. The van der Waals surface area contributed by atoms with Crippen LogP contribution in [0, 0.1) is 0 Å². The molecule has 3 aromatic rings. The van der Waals surface area contributed by atoms with E-state index in [-0.39, 0.29) is 11.9 Å². The van der Waals surface area contributed by atoms with E-state index in [0.29, 0.717) is 12.5 Å². The quantitative estimate of drug-likeness (QED) is 0.768. The largest absolute Gasteiger partial charge is 0.353 e. The normalized spacial score (nSPS) is 21.0. The number of carbonyl (C=O) groups is 1. The van der Waals surface area contributed by atoms with Crippen LogP contribution in [0.3, 0.4) is 0 Å². The lowest BCUT2D eigenvalue weighted by Crippen LogP contribution is -2.38. The molecule has 24 heavy (non-hydrogen) atoms. The average Bonchev–Trinajstić information content (AvgIpc) is 3.26. The highest BCUT2D eigenvalue weighted by Crippen LogP contribution is 2.27. The number of H-pyrrole nitrogens is 1. The highest BCUT2D eigenvalue weighted by atomic mass is 16.1. The smallest absolute Gasteiger partial charge is 0.226 e. The number of carbonyl (C=O) groups excluding carboxylic acids is 1. The van der Waals surface area contributed by atoms with Crippen LogP contribution in [0.1, 0.15) is 37.4 Å². The van der Waals surface area contributed by atoms with Gasteiger partial charge in [0.1, 0.15) is 12.7 Å². The summed E-state index contributed by atoms with van der Waals surface area (Å²) in [6.07, 6.45) is 7.65. The predicted octanol–water partition coefficient (Wildman–Crippen LogP) is 2.00. The van der Waals surface area contributed by atoms with E-state index in [4.69, 9.17) is 0 Å². The fraction of sp³-hybridized carbons (Fsp3) is 0.412. The monoisotopic (exact) mass is 324 g/mol. The maximum atomic E-state index is 12.3. The minimum Gasteiger partial charge on any atom is -0.353 e. The van der Waals surface area contributed by atoms with Crippen LogP contribution in [0.4, 0.5) is 0 Å². The van der Waals surface area contributed by atoms with Crippen molar-refractivity contribution in [3.05, 3.63) is 42.6 Å². The summed E-state index contributed by atoms with van der Waals surface area (Å²) in [4.78, 5) is 16.4. The van der Waals surface area contributed by atoms with Crippen LogP contribution in [0.5, 0.6) is 0 Å². The van der Waals surface area contributed by atoms with Gasteiger partial charge in [0, 0.05) is 11.4 Å². The van der Waals surface area contributed by atoms with E-state index in [0.717, 1.165) is 42.3 Å². The molecule has 7 heteroatoms. The molecule has 0 unspecified atom stereocenters. The van der Waals surface area contributed by atoms with Gasteiger partial charge in [-0.3, -0.25) is 9.89 Å². The van der Waals surface area contributed by atoms with Crippen LogP contribution in [0.2, 0.25) is 0 Å². The first kappa shape index (κ1) is 14.9. The molecule has 2 N–H and O–H groups in total. The Labute approximate surface area is 139 Å². The molecule has 0 bridgehead atoms. The van der Waals surface area contributed by atoms with Crippen LogP contribution >= 0.6 is 0 Å². The standard InChI is InChI=1S/C17H20N6O/c24-17(9-16-14-3-1-2-4-15(14)21-22-16)20-12-5-7-13(8-6-12)23-11-18-10-19-23/h1-4,10-13H,5-9H2,(H,20,24)(H,21,22). The summed E-state index contributed by atoms with van der Waals surface area (Å²) in [5, 5.41) is 15.6. The van der Waals surface area contributed by atoms with Crippen molar-refractivity contribution in [2.24, 2.45) is 0 Å². The van der Waals surface area contributed by atoms with Gasteiger partial charge in [-0.25, -0.2) is 9.67 Å². The number of benzene rings is 1. The Balaban J connectivity index is 1.32. The number of hydrogen-bond acceptors (Lipinski definition) is 4. The molecule has 1 aliphatic carbocycles. The Bertz CT molecular complexity index is 817. The Kier molecular flexibility index (Phi) is 3.98. The topological polar surface area (TPSA) is 88.5 Å². The van der Waals surface area contributed by atoms with Crippen molar-refractivity contribution in [2.45, 2.75) is 44.2 Å². The van der Waals surface area contributed by atoms with Gasteiger partial charge in [0.25, 0.3) is 0 Å². The minimum atomic E-state index is 0.0496. The molecule has 0 atom stereocenters. The number of aromatic nitrogens is 5. The van der Waals surface area contributed by atoms with Gasteiger partial charge in [0.15, 0.2) is 0 Å². The summed E-state index contributed by atoms with van der Waals surface area (Å²) in [6.45, 7) is 0. The van der Waals surface area contributed by atoms with E-state index in [1.807, 2.05) is 28.9 Å². The lowest BCUT2D eigenvalue weighted by Gasteiger charge is -2.28. The van der Waals surface area contributed by atoms with Crippen molar-refractivity contribution in [3.63, 3.8) is 0 Å². The van der Waals surface area contributed by atoms with Crippen LogP contribution in [-0.4, -0.2) is 36.9 Å². The average molecular weight is 324 g/mol. The summed E-state index contributed by atoms with van der Waals surface area (Å²) in [7, 11) is 0. The second-order valence-electron chi connectivity index (χ2n) is 6.34. The third-order valence-corrected chi connectivity index (χ3v) is 4.75. The van der Waals surface area contributed by atoms with Crippen LogP contribution in [0.15, 0.2) is 36.9 Å². The second kappa shape index (κ2) is 6.43. The molecule has 2 aromatic heterocycles. The molecular formula is C17H20N6O. The van der Waals surface area contributed by atoms with Crippen molar-refractivity contribution in [3.8, 4) is 0 Å². The lowest BCUT2D eigenvalue weighted by molar-refractivity contribution is -0.121. The van der Waals surface area contributed by atoms with Crippen LogP contribution in [0.25, 0.3) is 10.9 Å². The van der Waals surface area contributed by atoms with Gasteiger partial charge in [0.05, 0.1) is 23.7 Å². The molecule has 1 aliphatic rings. The zero-order valence-corrected chi connectivity index (χ0v) is 13.4. The summed E-state index contributed by atoms with van der Waals surface area (Å²) in [5.41, 5.74) is 1.77. The number of nitrogens with one attached hydrogen (secondary N) is 2. The minimum absolute atomic E-state index is 0.0496. The molecule has 0 saturated heterocycles. The Morgan fingerprint density at radius 2 is 2.08 bits per heavy atom.